The Morgan fingerprint density at radius 2 is 2.10 bits per heavy atom. The van der Waals surface area contributed by atoms with Crippen LogP contribution in [0.25, 0.3) is 6.08 Å². The minimum absolute atomic E-state index is 0.0646. The van der Waals surface area contributed by atoms with Crippen LogP contribution in [-0.2, 0) is 4.79 Å². The van der Waals surface area contributed by atoms with Gasteiger partial charge in [0.05, 0.1) is 4.91 Å². The Labute approximate surface area is 135 Å². The zero-order valence-corrected chi connectivity index (χ0v) is 13.4. The number of likely N-dealkylation sites (N-methyl/N-ethyl adjacent to an activating group) is 1. The normalized spacial score (nSPS) is 19.0. The van der Waals surface area contributed by atoms with Gasteiger partial charge in [-0.25, -0.2) is 4.98 Å². The maximum Gasteiger partial charge on any atom is 0.266 e. The van der Waals surface area contributed by atoms with Crippen molar-refractivity contribution in [3.8, 4) is 0 Å². The highest BCUT2D eigenvalue weighted by atomic mass is 35.5. The molecule has 0 N–H and O–H groups in total. The van der Waals surface area contributed by atoms with Crippen molar-refractivity contribution in [1.29, 1.82) is 0 Å². The molecule has 0 spiro atoms. The maximum atomic E-state index is 12.2. The molecule has 0 radical (unpaired) electrons. The second-order valence-electron chi connectivity index (χ2n) is 4.24. The Morgan fingerprint density at radius 3 is 2.76 bits per heavy atom. The molecule has 0 unspecified atom stereocenters. The van der Waals surface area contributed by atoms with Crippen molar-refractivity contribution in [2.24, 2.45) is 4.99 Å². The van der Waals surface area contributed by atoms with Crippen LogP contribution in [0.1, 0.15) is 5.56 Å². The zero-order chi connectivity index (χ0) is 14.8. The number of thiazole rings is 1. The van der Waals surface area contributed by atoms with Gasteiger partial charge in [-0.05, 0) is 35.5 Å². The molecule has 1 saturated heterocycles. The first-order valence-corrected chi connectivity index (χ1v) is 8.12. The molecule has 21 heavy (non-hydrogen) atoms. The number of halogens is 1. The Bertz CT molecular complexity index is 723. The van der Waals surface area contributed by atoms with Gasteiger partial charge in [0.15, 0.2) is 5.17 Å². The van der Waals surface area contributed by atoms with E-state index >= 15 is 0 Å². The van der Waals surface area contributed by atoms with E-state index in [0.717, 1.165) is 5.56 Å². The van der Waals surface area contributed by atoms with Crippen LogP contribution >= 0.6 is 34.7 Å². The van der Waals surface area contributed by atoms with E-state index in [1.807, 2.05) is 23.6 Å². The van der Waals surface area contributed by atoms with Gasteiger partial charge in [-0.15, -0.1) is 11.3 Å². The van der Waals surface area contributed by atoms with E-state index in [1.165, 1.54) is 28.0 Å². The van der Waals surface area contributed by atoms with Gasteiger partial charge in [0.2, 0.25) is 5.13 Å². The summed E-state index contributed by atoms with van der Waals surface area (Å²) in [7, 11) is 1.71. The lowest BCUT2D eigenvalue weighted by molar-refractivity contribution is -0.121. The van der Waals surface area contributed by atoms with E-state index in [0.29, 0.717) is 20.2 Å². The number of aliphatic imine (C=N–C) groups is 1. The fourth-order valence-corrected chi connectivity index (χ4v) is 3.37. The molecule has 2 aromatic rings. The third-order valence-electron chi connectivity index (χ3n) is 2.78. The first-order chi connectivity index (χ1) is 10.1. The van der Waals surface area contributed by atoms with Crippen LogP contribution in [0.3, 0.4) is 0 Å². The molecule has 3 rings (SSSR count). The summed E-state index contributed by atoms with van der Waals surface area (Å²) in [5.41, 5.74) is 0.930. The number of rotatable bonds is 2. The third kappa shape index (κ3) is 3.18. The molecule has 1 aromatic heterocycles. The maximum absolute atomic E-state index is 12.2. The van der Waals surface area contributed by atoms with E-state index in [1.54, 1.807) is 25.4 Å². The smallest absolute Gasteiger partial charge is 0.266 e. The van der Waals surface area contributed by atoms with E-state index in [4.69, 9.17) is 11.6 Å². The van der Waals surface area contributed by atoms with Crippen LogP contribution in [0.2, 0.25) is 5.02 Å². The van der Waals surface area contributed by atoms with Crippen molar-refractivity contribution in [3.05, 3.63) is 51.3 Å². The minimum atomic E-state index is -0.0646. The number of carbonyl (C=O) groups is 1. The lowest BCUT2D eigenvalue weighted by Gasteiger charge is -2.05. The van der Waals surface area contributed by atoms with Gasteiger partial charge in [0.25, 0.3) is 5.91 Å². The van der Waals surface area contributed by atoms with Crippen molar-refractivity contribution in [2.75, 3.05) is 7.05 Å². The standard InChI is InChI=1S/C14H10ClN3OS2/c1-18-12(19)11(8-9-2-4-10(15)5-3-9)21-14(18)17-13-16-6-7-20-13/h2-8H,1H3/b11-8-,17-14+. The fourth-order valence-electron chi connectivity index (χ4n) is 1.71. The molecule has 0 saturated carbocycles. The van der Waals surface area contributed by atoms with E-state index in [-0.39, 0.29) is 5.91 Å². The second-order valence-corrected chi connectivity index (χ2v) is 6.55. The van der Waals surface area contributed by atoms with Crippen LogP contribution in [0.4, 0.5) is 5.13 Å². The largest absolute Gasteiger partial charge is 0.289 e. The number of carbonyl (C=O) groups excluding carboxylic acids is 1. The summed E-state index contributed by atoms with van der Waals surface area (Å²) in [6.07, 6.45) is 3.53. The monoisotopic (exact) mass is 335 g/mol. The van der Waals surface area contributed by atoms with E-state index in [9.17, 15) is 4.79 Å². The van der Waals surface area contributed by atoms with Crippen LogP contribution < -0.4 is 0 Å². The van der Waals surface area contributed by atoms with Gasteiger partial charge in [0, 0.05) is 23.6 Å². The first-order valence-electron chi connectivity index (χ1n) is 6.05. The van der Waals surface area contributed by atoms with Gasteiger partial charge >= 0.3 is 0 Å². The molecule has 1 fully saturated rings. The fraction of sp³-hybridized carbons (Fsp3) is 0.0714. The molecule has 1 aliphatic heterocycles. The number of benzene rings is 1. The lowest BCUT2D eigenvalue weighted by atomic mass is 10.2. The Kier molecular flexibility index (Phi) is 4.10. The molecule has 4 nitrogen and oxygen atoms in total. The highest BCUT2D eigenvalue weighted by molar-refractivity contribution is 8.18. The van der Waals surface area contributed by atoms with Crippen LogP contribution in [0.15, 0.2) is 45.7 Å². The molecular formula is C14H10ClN3OS2. The predicted octanol–water partition coefficient (Wildman–Crippen LogP) is 4.03. The minimum Gasteiger partial charge on any atom is -0.289 e. The summed E-state index contributed by atoms with van der Waals surface area (Å²) in [6, 6.07) is 7.34. The van der Waals surface area contributed by atoms with Gasteiger partial charge < -0.3 is 0 Å². The summed E-state index contributed by atoms with van der Waals surface area (Å²) in [5.74, 6) is -0.0646. The van der Waals surface area contributed by atoms with Crippen molar-refractivity contribution in [2.45, 2.75) is 0 Å². The van der Waals surface area contributed by atoms with Gasteiger partial charge in [0.1, 0.15) is 0 Å². The number of amidine groups is 1. The number of amides is 1. The number of hydrogen-bond acceptors (Lipinski definition) is 5. The van der Waals surface area contributed by atoms with Crippen LogP contribution in [-0.4, -0.2) is 28.0 Å². The lowest BCUT2D eigenvalue weighted by Crippen LogP contribution is -2.23. The van der Waals surface area contributed by atoms with Crippen molar-refractivity contribution < 1.29 is 4.79 Å². The summed E-state index contributed by atoms with van der Waals surface area (Å²) >= 11 is 8.64. The second kappa shape index (κ2) is 6.01. The predicted molar refractivity (Wildman–Crippen MR) is 89.0 cm³/mol. The first kappa shape index (κ1) is 14.3. The Morgan fingerprint density at radius 1 is 1.33 bits per heavy atom. The van der Waals surface area contributed by atoms with Crippen molar-refractivity contribution in [3.63, 3.8) is 0 Å². The van der Waals surface area contributed by atoms with Crippen molar-refractivity contribution in [1.82, 2.24) is 9.88 Å². The van der Waals surface area contributed by atoms with E-state index in [2.05, 4.69) is 9.98 Å². The summed E-state index contributed by atoms with van der Waals surface area (Å²) in [6.45, 7) is 0. The zero-order valence-electron chi connectivity index (χ0n) is 11.0. The number of thioether (sulfide) groups is 1. The topological polar surface area (TPSA) is 45.6 Å². The average Bonchev–Trinajstić information content (AvgIpc) is 3.07. The summed E-state index contributed by atoms with van der Waals surface area (Å²) in [5, 5.41) is 3.80. The Hall–Kier alpha value is -1.63. The Balaban J connectivity index is 1.88. The molecule has 7 heteroatoms. The highest BCUT2D eigenvalue weighted by Crippen LogP contribution is 2.33. The molecule has 1 aliphatic rings. The van der Waals surface area contributed by atoms with Gasteiger partial charge in [-0.3, -0.25) is 9.69 Å². The molecule has 106 valence electrons. The molecule has 0 bridgehead atoms. The molecule has 0 atom stereocenters. The van der Waals surface area contributed by atoms with Crippen LogP contribution in [0.5, 0.6) is 0 Å². The molecule has 1 amide bonds. The highest BCUT2D eigenvalue weighted by Gasteiger charge is 2.30. The van der Waals surface area contributed by atoms with E-state index < -0.39 is 0 Å². The number of aromatic nitrogens is 1. The molecule has 0 aliphatic carbocycles. The third-order valence-corrected chi connectivity index (χ3v) is 4.76. The summed E-state index contributed by atoms with van der Waals surface area (Å²) < 4.78 is 0. The SMILES string of the molecule is CN1C(=O)/C(=C/c2ccc(Cl)cc2)S/C1=N/c1nccs1. The number of hydrogen-bond donors (Lipinski definition) is 0. The molecule has 2 heterocycles. The number of nitrogens with zero attached hydrogens (tertiary/aromatic N) is 3. The van der Waals surface area contributed by atoms with Gasteiger partial charge in [-0.1, -0.05) is 23.7 Å². The van der Waals surface area contributed by atoms with Gasteiger partial charge in [-0.2, -0.15) is 4.99 Å². The van der Waals surface area contributed by atoms with Crippen molar-refractivity contribution >= 4 is 57.0 Å². The molecule has 1 aromatic carbocycles. The van der Waals surface area contributed by atoms with Crippen LogP contribution in [0, 0.1) is 0 Å². The summed E-state index contributed by atoms with van der Waals surface area (Å²) in [4.78, 5) is 22.9. The average molecular weight is 336 g/mol. The quantitative estimate of drug-likeness (QED) is 0.778. The molecular weight excluding hydrogens is 326 g/mol.